The lowest BCUT2D eigenvalue weighted by Gasteiger charge is -2.38. The van der Waals surface area contributed by atoms with E-state index in [1.165, 1.54) is 18.6 Å². The number of aromatic nitrogens is 4. The Morgan fingerprint density at radius 2 is 2.07 bits per heavy atom. The fourth-order valence-electron chi connectivity index (χ4n) is 4.01. The molecule has 0 bridgehead atoms. The van der Waals surface area contributed by atoms with E-state index in [-0.39, 0.29) is 23.1 Å². The summed E-state index contributed by atoms with van der Waals surface area (Å²) >= 11 is 0. The molecule has 1 fully saturated rings. The summed E-state index contributed by atoms with van der Waals surface area (Å²) < 4.78 is 28.3. The van der Waals surface area contributed by atoms with Crippen molar-refractivity contribution in [2.45, 2.75) is 51.7 Å². The van der Waals surface area contributed by atoms with E-state index in [0.717, 1.165) is 0 Å². The van der Waals surface area contributed by atoms with Crippen LogP contribution < -0.4 is 5.32 Å². The minimum absolute atomic E-state index is 0.0984. The lowest BCUT2D eigenvalue weighted by Crippen LogP contribution is -2.37. The van der Waals surface area contributed by atoms with Gasteiger partial charge in [0.15, 0.2) is 5.78 Å². The average molecular weight is 399 g/mol. The van der Waals surface area contributed by atoms with Crippen LogP contribution in [0.5, 0.6) is 0 Å². The van der Waals surface area contributed by atoms with Crippen LogP contribution in [-0.4, -0.2) is 37.4 Å². The van der Waals surface area contributed by atoms with E-state index >= 15 is 0 Å². The highest BCUT2D eigenvalue weighted by molar-refractivity contribution is 6.18. The molecule has 0 saturated heterocycles. The van der Waals surface area contributed by atoms with Gasteiger partial charge in [-0.15, -0.1) is 0 Å². The van der Waals surface area contributed by atoms with Gasteiger partial charge in [0.05, 0.1) is 16.5 Å². The van der Waals surface area contributed by atoms with Crippen molar-refractivity contribution in [3.05, 3.63) is 47.4 Å². The molecular weight excluding hydrogens is 376 g/mol. The number of nitrogens with zero attached hydrogens (tertiary/aromatic N) is 3. The first-order chi connectivity index (χ1) is 13.7. The molecule has 2 N–H and O–H groups in total. The van der Waals surface area contributed by atoms with Crippen LogP contribution in [0, 0.1) is 11.9 Å². The number of carbonyl (C=O) groups is 1. The molecule has 0 unspecified atom stereocenters. The zero-order valence-electron chi connectivity index (χ0n) is 16.6. The molecule has 0 aliphatic heterocycles. The van der Waals surface area contributed by atoms with Gasteiger partial charge in [0.1, 0.15) is 23.5 Å². The number of fused-ring (bicyclic) bond motifs is 1. The minimum Gasteiger partial charge on any atom is -0.367 e. The maximum atomic E-state index is 14.7. The topological polar surface area (TPSA) is 83.6 Å². The summed E-state index contributed by atoms with van der Waals surface area (Å²) in [7, 11) is 0. The molecule has 3 heterocycles. The summed E-state index contributed by atoms with van der Waals surface area (Å²) in [5.74, 6) is -0.637. The third-order valence-corrected chi connectivity index (χ3v) is 5.22. The predicted octanol–water partition coefficient (Wildman–Crippen LogP) is 4.22. The highest BCUT2D eigenvalue weighted by Crippen LogP contribution is 2.42. The third-order valence-electron chi connectivity index (χ3n) is 5.22. The molecule has 1 aliphatic carbocycles. The van der Waals surface area contributed by atoms with Crippen molar-refractivity contribution in [3.63, 3.8) is 0 Å². The van der Waals surface area contributed by atoms with Crippen LogP contribution in [0.3, 0.4) is 0 Å². The second-order valence-electron chi connectivity index (χ2n) is 8.31. The number of H-pyrrole nitrogens is 1. The van der Waals surface area contributed by atoms with Crippen molar-refractivity contribution in [2.75, 3.05) is 5.32 Å². The van der Waals surface area contributed by atoms with E-state index in [0.29, 0.717) is 41.8 Å². The van der Waals surface area contributed by atoms with Crippen LogP contribution in [0.25, 0.3) is 11.0 Å². The molecule has 8 heteroatoms. The van der Waals surface area contributed by atoms with Gasteiger partial charge in [0, 0.05) is 17.9 Å². The maximum Gasteiger partial charge on any atom is 0.224 e. The molecule has 6 nitrogen and oxygen atoms in total. The largest absolute Gasteiger partial charge is 0.367 e. The molecule has 0 atom stereocenters. The van der Waals surface area contributed by atoms with E-state index in [1.807, 2.05) is 13.8 Å². The molecule has 0 spiro atoms. The summed E-state index contributed by atoms with van der Waals surface area (Å²) in [6, 6.07) is 3.19. The van der Waals surface area contributed by atoms with Crippen LogP contribution in [0.2, 0.25) is 0 Å². The number of alkyl halides is 1. The monoisotopic (exact) mass is 399 g/mol. The summed E-state index contributed by atoms with van der Waals surface area (Å²) in [6.45, 7) is 5.49. The molecule has 4 rings (SSSR count). The number of aromatic amines is 1. The van der Waals surface area contributed by atoms with E-state index in [9.17, 15) is 13.6 Å². The maximum absolute atomic E-state index is 14.7. The number of carbonyl (C=O) groups excluding carboxylic acids is 1. The smallest absolute Gasteiger partial charge is 0.224 e. The van der Waals surface area contributed by atoms with Crippen molar-refractivity contribution in [3.8, 4) is 0 Å². The zero-order valence-corrected chi connectivity index (χ0v) is 16.6. The quantitative estimate of drug-likeness (QED) is 0.479. The Hall–Kier alpha value is -2.90. The first kappa shape index (κ1) is 19.4. The van der Waals surface area contributed by atoms with Crippen LogP contribution in [0.1, 0.15) is 55.2 Å². The molecule has 3 aromatic rings. The third kappa shape index (κ3) is 3.83. The Balaban J connectivity index is 1.61. The van der Waals surface area contributed by atoms with Crippen LogP contribution in [-0.2, 0) is 6.42 Å². The number of nitrogens with one attached hydrogen (secondary N) is 2. The fourth-order valence-corrected chi connectivity index (χ4v) is 4.01. The van der Waals surface area contributed by atoms with Gasteiger partial charge in [0.2, 0.25) is 5.95 Å². The summed E-state index contributed by atoms with van der Waals surface area (Å²) in [5, 5.41) is 3.70. The van der Waals surface area contributed by atoms with Crippen molar-refractivity contribution in [2.24, 2.45) is 5.92 Å². The second kappa shape index (κ2) is 7.17. The highest BCUT2D eigenvalue weighted by Gasteiger charge is 2.40. The Morgan fingerprint density at radius 3 is 2.72 bits per heavy atom. The van der Waals surface area contributed by atoms with Crippen molar-refractivity contribution in [1.29, 1.82) is 0 Å². The zero-order chi connectivity index (χ0) is 20.8. The van der Waals surface area contributed by atoms with Gasteiger partial charge in [-0.2, -0.15) is 4.39 Å². The summed E-state index contributed by atoms with van der Waals surface area (Å²) in [4.78, 5) is 28.3. The van der Waals surface area contributed by atoms with Crippen LogP contribution >= 0.6 is 0 Å². The van der Waals surface area contributed by atoms with E-state index in [2.05, 4.69) is 25.3 Å². The van der Waals surface area contributed by atoms with Gasteiger partial charge in [-0.3, -0.25) is 4.79 Å². The van der Waals surface area contributed by atoms with Gasteiger partial charge in [-0.25, -0.2) is 19.3 Å². The lowest BCUT2D eigenvalue weighted by atomic mass is 9.71. The van der Waals surface area contributed by atoms with Gasteiger partial charge in [-0.1, -0.05) is 0 Å². The number of ketones is 1. The molecule has 29 heavy (non-hydrogen) atoms. The Morgan fingerprint density at radius 1 is 1.31 bits per heavy atom. The number of rotatable bonds is 6. The lowest BCUT2D eigenvalue weighted by molar-refractivity contribution is 0.0253. The first-order valence-corrected chi connectivity index (χ1v) is 9.71. The van der Waals surface area contributed by atoms with E-state index < -0.39 is 17.4 Å². The van der Waals surface area contributed by atoms with Crippen molar-refractivity contribution < 1.29 is 13.6 Å². The van der Waals surface area contributed by atoms with Gasteiger partial charge in [-0.05, 0) is 58.1 Å². The number of pyridine rings is 1. The van der Waals surface area contributed by atoms with Crippen molar-refractivity contribution >= 4 is 22.6 Å². The van der Waals surface area contributed by atoms with Gasteiger partial charge < -0.3 is 10.3 Å². The molecule has 3 aromatic heterocycles. The fraction of sp³-hybridized carbons (Fsp3) is 0.429. The van der Waals surface area contributed by atoms with Gasteiger partial charge in [0.25, 0.3) is 0 Å². The number of halogens is 2. The van der Waals surface area contributed by atoms with Crippen molar-refractivity contribution in [1.82, 2.24) is 19.9 Å². The number of hydrogen-bond acceptors (Lipinski definition) is 5. The minimum atomic E-state index is -1.13. The van der Waals surface area contributed by atoms with Gasteiger partial charge >= 0.3 is 0 Å². The first-order valence-electron chi connectivity index (χ1n) is 9.71. The Kier molecular flexibility index (Phi) is 4.80. The molecule has 0 radical (unpaired) electrons. The predicted molar refractivity (Wildman–Crippen MR) is 106 cm³/mol. The van der Waals surface area contributed by atoms with Crippen LogP contribution in [0.4, 0.5) is 14.6 Å². The summed E-state index contributed by atoms with van der Waals surface area (Å²) in [6.07, 6.45) is 4.33. The molecular formula is C21H23F2N5O. The standard InChI is InChI=1S/C21H23F2N5O/c1-11(2)27-20-16-15(9-24-19(16)25-10-26-20)17(29)14-5-4-13(28-18(14)22)6-12-7-21(3,23)8-12/h4-5,9-12H,6-8H2,1-3H3,(H2,24,25,26,27). The van der Waals surface area contributed by atoms with E-state index in [1.54, 1.807) is 13.0 Å². The highest BCUT2D eigenvalue weighted by atomic mass is 19.1. The molecule has 1 aliphatic rings. The molecule has 1 saturated carbocycles. The Bertz CT molecular complexity index is 1070. The van der Waals surface area contributed by atoms with Crippen LogP contribution in [0.15, 0.2) is 24.7 Å². The molecule has 0 aromatic carbocycles. The van der Waals surface area contributed by atoms with E-state index in [4.69, 9.17) is 0 Å². The molecule has 0 amide bonds. The summed E-state index contributed by atoms with van der Waals surface area (Å²) in [5.41, 5.74) is 0.0696. The number of hydrogen-bond donors (Lipinski definition) is 2. The second-order valence-corrected chi connectivity index (χ2v) is 8.31. The SMILES string of the molecule is CC(C)Nc1ncnc2[nH]cc(C(=O)c3ccc(CC4CC(C)(F)C4)nc3F)c12. The number of anilines is 1. The normalized spacial score (nSPS) is 21.4. The Labute approximate surface area is 167 Å². The molecule has 152 valence electrons. The average Bonchev–Trinajstić information content (AvgIpc) is 3.04.